The van der Waals surface area contributed by atoms with Gasteiger partial charge in [0.2, 0.25) is 0 Å². The Bertz CT molecular complexity index is 739. The summed E-state index contributed by atoms with van der Waals surface area (Å²) < 4.78 is 1.16. The van der Waals surface area contributed by atoms with Crippen LogP contribution in [-0.4, -0.2) is 5.11 Å². The minimum absolute atomic E-state index is 0.387. The van der Waals surface area contributed by atoms with E-state index < -0.39 is 5.60 Å². The van der Waals surface area contributed by atoms with E-state index in [1.54, 1.807) is 30.4 Å². The third-order valence-corrected chi connectivity index (χ3v) is 5.62. The van der Waals surface area contributed by atoms with E-state index >= 15 is 0 Å². The summed E-state index contributed by atoms with van der Waals surface area (Å²) in [7, 11) is 0. The molecule has 0 fully saturated rings. The maximum atomic E-state index is 10.9. The smallest absolute Gasteiger partial charge is 0.100 e. The number of hydrogen-bond acceptors (Lipinski definition) is 2. The van der Waals surface area contributed by atoms with Gasteiger partial charge in [-0.3, -0.25) is 0 Å². The zero-order valence-electron chi connectivity index (χ0n) is 11.4. The first-order valence-electron chi connectivity index (χ1n) is 6.62. The molecule has 1 aromatic heterocycles. The van der Waals surface area contributed by atoms with Crippen LogP contribution < -0.4 is 0 Å². The fourth-order valence-corrected chi connectivity index (χ4v) is 4.02. The lowest BCUT2D eigenvalue weighted by Gasteiger charge is -2.23. The van der Waals surface area contributed by atoms with Crippen molar-refractivity contribution in [3.8, 4) is 0 Å². The molecule has 0 radical (unpaired) electrons. The van der Waals surface area contributed by atoms with Crippen LogP contribution in [0.2, 0.25) is 10.0 Å². The Hall–Kier alpha value is -1.06. The van der Waals surface area contributed by atoms with Gasteiger partial charge in [-0.05, 0) is 42.1 Å². The van der Waals surface area contributed by atoms with Crippen LogP contribution in [-0.2, 0) is 12.0 Å². The van der Waals surface area contributed by atoms with E-state index in [1.807, 2.05) is 30.3 Å². The van der Waals surface area contributed by atoms with E-state index in [1.165, 1.54) is 0 Å². The molecule has 1 N–H and O–H groups in total. The molecule has 0 bridgehead atoms. The van der Waals surface area contributed by atoms with Gasteiger partial charge in [-0.2, -0.15) is 0 Å². The number of benzene rings is 2. The molecule has 0 amide bonds. The number of halogens is 2. The average molecular weight is 337 g/mol. The summed E-state index contributed by atoms with van der Waals surface area (Å²) in [4.78, 5) is 0.916. The van der Waals surface area contributed by atoms with Gasteiger partial charge in [0.05, 0.1) is 0 Å². The molecule has 1 unspecified atom stereocenters. The highest BCUT2D eigenvalue weighted by atomic mass is 35.5. The van der Waals surface area contributed by atoms with Gasteiger partial charge in [-0.15, -0.1) is 11.3 Å². The van der Waals surface area contributed by atoms with Gasteiger partial charge in [0.15, 0.2) is 0 Å². The molecule has 1 heterocycles. The van der Waals surface area contributed by atoms with Crippen LogP contribution in [0.3, 0.4) is 0 Å². The SMILES string of the molecule is CC(O)(Cc1c(Cl)cccc1Cl)c1cc2ccccc2s1. The van der Waals surface area contributed by atoms with Crippen molar-refractivity contribution in [2.75, 3.05) is 0 Å². The number of rotatable bonds is 3. The number of thiophene rings is 1. The van der Waals surface area contributed by atoms with Gasteiger partial charge >= 0.3 is 0 Å². The molecule has 3 aromatic rings. The molecule has 3 rings (SSSR count). The van der Waals surface area contributed by atoms with Gasteiger partial charge in [0.1, 0.15) is 5.60 Å². The summed E-state index contributed by atoms with van der Waals surface area (Å²) in [6.07, 6.45) is 0.387. The number of hydrogen-bond donors (Lipinski definition) is 1. The van der Waals surface area contributed by atoms with Gasteiger partial charge in [-0.1, -0.05) is 47.5 Å². The van der Waals surface area contributed by atoms with E-state index in [0.29, 0.717) is 16.5 Å². The Morgan fingerprint density at radius 2 is 1.71 bits per heavy atom. The molecule has 108 valence electrons. The van der Waals surface area contributed by atoms with Crippen molar-refractivity contribution in [1.29, 1.82) is 0 Å². The lowest BCUT2D eigenvalue weighted by Crippen LogP contribution is -2.23. The second-order valence-corrected chi connectivity index (χ2v) is 7.20. The fraction of sp³-hybridized carbons (Fsp3) is 0.176. The number of aliphatic hydroxyl groups is 1. The van der Waals surface area contributed by atoms with E-state index in [9.17, 15) is 5.11 Å². The normalized spacial score (nSPS) is 14.3. The molecule has 4 heteroatoms. The molecular formula is C17H14Cl2OS. The zero-order valence-corrected chi connectivity index (χ0v) is 13.8. The molecule has 0 aliphatic carbocycles. The highest BCUT2D eigenvalue weighted by molar-refractivity contribution is 7.19. The first kappa shape index (κ1) is 14.9. The van der Waals surface area contributed by atoms with Crippen LogP contribution >= 0.6 is 34.5 Å². The quantitative estimate of drug-likeness (QED) is 0.654. The largest absolute Gasteiger partial charge is 0.384 e. The lowest BCUT2D eigenvalue weighted by molar-refractivity contribution is 0.0616. The van der Waals surface area contributed by atoms with Gasteiger partial charge in [0.25, 0.3) is 0 Å². The maximum absolute atomic E-state index is 10.9. The predicted molar refractivity (Wildman–Crippen MR) is 91.6 cm³/mol. The highest BCUT2D eigenvalue weighted by Crippen LogP contribution is 2.37. The zero-order chi connectivity index (χ0) is 15.0. The topological polar surface area (TPSA) is 20.2 Å². The molecular weight excluding hydrogens is 323 g/mol. The summed E-state index contributed by atoms with van der Waals surface area (Å²) in [6, 6.07) is 15.5. The summed E-state index contributed by atoms with van der Waals surface area (Å²) >= 11 is 14.0. The van der Waals surface area contributed by atoms with E-state index in [0.717, 1.165) is 20.5 Å². The van der Waals surface area contributed by atoms with Crippen LogP contribution in [0.15, 0.2) is 48.5 Å². The monoisotopic (exact) mass is 336 g/mol. The first-order valence-corrected chi connectivity index (χ1v) is 8.19. The van der Waals surface area contributed by atoms with Crippen LogP contribution in [0.4, 0.5) is 0 Å². The third kappa shape index (κ3) is 2.95. The van der Waals surface area contributed by atoms with Crippen LogP contribution in [0.5, 0.6) is 0 Å². The molecule has 0 aliphatic heterocycles. The molecule has 0 aliphatic rings. The minimum atomic E-state index is -1.00. The molecule has 1 nitrogen and oxygen atoms in total. The molecule has 1 atom stereocenters. The first-order chi connectivity index (χ1) is 9.97. The van der Waals surface area contributed by atoms with Gasteiger partial charge < -0.3 is 5.11 Å². The van der Waals surface area contributed by atoms with Crippen LogP contribution in [0.25, 0.3) is 10.1 Å². The summed E-state index contributed by atoms with van der Waals surface area (Å²) in [6.45, 7) is 1.80. The second kappa shape index (κ2) is 5.62. The van der Waals surface area contributed by atoms with Gasteiger partial charge in [-0.25, -0.2) is 0 Å². The summed E-state index contributed by atoms with van der Waals surface area (Å²) in [5, 5.41) is 13.2. The Kier molecular flexibility index (Phi) is 3.98. The standard InChI is InChI=1S/C17H14Cl2OS/c1-17(20,10-12-13(18)6-4-7-14(12)19)16-9-11-5-2-3-8-15(11)21-16/h2-9,20H,10H2,1H3. The van der Waals surface area contributed by atoms with Crippen molar-refractivity contribution in [1.82, 2.24) is 0 Å². The molecule has 0 saturated carbocycles. The van der Waals surface area contributed by atoms with Crippen molar-refractivity contribution in [2.24, 2.45) is 0 Å². The van der Waals surface area contributed by atoms with Crippen LogP contribution in [0, 0.1) is 0 Å². The minimum Gasteiger partial charge on any atom is -0.384 e. The molecule has 21 heavy (non-hydrogen) atoms. The van der Waals surface area contributed by atoms with Gasteiger partial charge in [0, 0.05) is 26.0 Å². The Balaban J connectivity index is 2.00. The Morgan fingerprint density at radius 1 is 1.05 bits per heavy atom. The Morgan fingerprint density at radius 3 is 2.38 bits per heavy atom. The predicted octanol–water partition coefficient (Wildman–Crippen LogP) is 5.66. The van der Waals surface area contributed by atoms with Crippen LogP contribution in [0.1, 0.15) is 17.4 Å². The van der Waals surface area contributed by atoms with Crippen molar-refractivity contribution in [2.45, 2.75) is 18.9 Å². The van der Waals surface area contributed by atoms with E-state index in [4.69, 9.17) is 23.2 Å². The summed E-state index contributed by atoms with van der Waals surface area (Å²) in [5.41, 5.74) is -0.221. The Labute approximate surface area is 137 Å². The van der Waals surface area contributed by atoms with Crippen molar-refractivity contribution < 1.29 is 5.11 Å². The van der Waals surface area contributed by atoms with E-state index in [2.05, 4.69) is 6.07 Å². The van der Waals surface area contributed by atoms with Crippen molar-refractivity contribution in [3.63, 3.8) is 0 Å². The summed E-state index contributed by atoms with van der Waals surface area (Å²) in [5.74, 6) is 0. The third-order valence-electron chi connectivity index (χ3n) is 3.54. The highest BCUT2D eigenvalue weighted by Gasteiger charge is 2.27. The maximum Gasteiger partial charge on any atom is 0.100 e. The second-order valence-electron chi connectivity index (χ2n) is 5.30. The molecule has 0 spiro atoms. The van der Waals surface area contributed by atoms with Crippen molar-refractivity contribution in [3.05, 3.63) is 69.0 Å². The van der Waals surface area contributed by atoms with E-state index in [-0.39, 0.29) is 0 Å². The molecule has 0 saturated heterocycles. The fourth-order valence-electron chi connectivity index (χ4n) is 2.38. The number of fused-ring (bicyclic) bond motifs is 1. The average Bonchev–Trinajstić information content (AvgIpc) is 2.88. The lowest BCUT2D eigenvalue weighted by atomic mass is 9.94. The molecule has 2 aromatic carbocycles. The van der Waals surface area contributed by atoms with Crippen molar-refractivity contribution >= 4 is 44.6 Å².